The predicted octanol–water partition coefficient (Wildman–Crippen LogP) is 3.51. The summed E-state index contributed by atoms with van der Waals surface area (Å²) >= 11 is 5.75. The normalized spacial score (nSPS) is 12.2. The molecule has 0 radical (unpaired) electrons. The van der Waals surface area contributed by atoms with Gasteiger partial charge in [-0.15, -0.1) is 0 Å². The van der Waals surface area contributed by atoms with Crippen molar-refractivity contribution in [1.29, 1.82) is 0 Å². The Bertz CT molecular complexity index is 724. The summed E-state index contributed by atoms with van der Waals surface area (Å²) in [4.78, 5) is 22.6. The minimum atomic E-state index is -0.673. The van der Waals surface area contributed by atoms with Crippen molar-refractivity contribution in [2.24, 2.45) is 0 Å². The molecule has 0 amide bonds. The number of rotatable bonds is 4. The maximum atomic E-state index is 12.5. The van der Waals surface area contributed by atoms with Gasteiger partial charge in [-0.2, -0.15) is 4.68 Å². The van der Waals surface area contributed by atoms with Crippen molar-refractivity contribution in [2.75, 3.05) is 0 Å². The number of halogens is 1. The molecular weight excluding hydrogens is 294 g/mol. The molecule has 0 N–H and O–H groups in total. The van der Waals surface area contributed by atoms with E-state index in [-0.39, 0.29) is 10.8 Å². The van der Waals surface area contributed by atoms with Gasteiger partial charge in [-0.3, -0.25) is 4.79 Å². The van der Waals surface area contributed by atoms with Crippen LogP contribution in [0.1, 0.15) is 34.5 Å². The summed E-state index contributed by atoms with van der Waals surface area (Å²) in [5.74, 6) is -0.609. The Kier molecular flexibility index (Phi) is 4.09. The van der Waals surface area contributed by atoms with Crippen molar-refractivity contribution in [3.63, 3.8) is 0 Å². The zero-order valence-corrected chi connectivity index (χ0v) is 12.6. The molecule has 21 heavy (non-hydrogen) atoms. The number of nitrogens with zero attached hydrogens (tertiary/aromatic N) is 3. The average molecular weight is 308 g/mol. The Morgan fingerprint density at radius 2 is 2.10 bits per heavy atom. The third kappa shape index (κ3) is 2.95. The van der Waals surface area contributed by atoms with Crippen LogP contribution >= 0.6 is 11.6 Å². The fourth-order valence-corrected chi connectivity index (χ4v) is 2.24. The van der Waals surface area contributed by atoms with Gasteiger partial charge in [0, 0.05) is 5.56 Å². The molecule has 0 saturated heterocycles. The molecule has 1 atom stereocenters. The third-order valence-electron chi connectivity index (χ3n) is 3.28. The standard InChI is InChI=1S/C14H14ClN3O3/c1-8-4-5-9(2)11(6-8)13(19)10(3)17-7-12(15)14(16-17)18(20)21/h4-7,10H,1-3H3. The molecule has 0 bridgehead atoms. The lowest BCUT2D eigenvalue weighted by atomic mass is 9.98. The molecule has 110 valence electrons. The quantitative estimate of drug-likeness (QED) is 0.492. The summed E-state index contributed by atoms with van der Waals surface area (Å²) in [6, 6.07) is 4.92. The van der Waals surface area contributed by atoms with Crippen LogP contribution in [0.2, 0.25) is 5.02 Å². The smallest absolute Gasteiger partial charge is 0.358 e. The predicted molar refractivity (Wildman–Crippen MR) is 78.8 cm³/mol. The van der Waals surface area contributed by atoms with Crippen LogP contribution in [0.15, 0.2) is 24.4 Å². The highest BCUT2D eigenvalue weighted by atomic mass is 35.5. The van der Waals surface area contributed by atoms with E-state index < -0.39 is 16.8 Å². The molecule has 0 aliphatic carbocycles. The van der Waals surface area contributed by atoms with Gasteiger partial charge in [-0.25, -0.2) is 0 Å². The van der Waals surface area contributed by atoms with Gasteiger partial charge in [0.25, 0.3) is 0 Å². The number of ketones is 1. The van der Waals surface area contributed by atoms with Crippen LogP contribution in [0.25, 0.3) is 0 Å². The number of carbonyl (C=O) groups is 1. The molecule has 1 heterocycles. The summed E-state index contributed by atoms with van der Waals surface area (Å²) in [6.45, 7) is 5.38. The zero-order chi connectivity index (χ0) is 15.7. The van der Waals surface area contributed by atoms with Crippen molar-refractivity contribution < 1.29 is 9.72 Å². The fraction of sp³-hybridized carbons (Fsp3) is 0.286. The van der Waals surface area contributed by atoms with Crippen LogP contribution in [0.4, 0.5) is 5.82 Å². The highest BCUT2D eigenvalue weighted by Crippen LogP contribution is 2.25. The van der Waals surface area contributed by atoms with Crippen molar-refractivity contribution in [2.45, 2.75) is 26.8 Å². The van der Waals surface area contributed by atoms with Gasteiger partial charge in [0.05, 0.1) is 11.3 Å². The van der Waals surface area contributed by atoms with E-state index in [0.717, 1.165) is 11.1 Å². The second-order valence-corrected chi connectivity index (χ2v) is 5.30. The molecule has 0 aliphatic rings. The minimum Gasteiger partial charge on any atom is -0.358 e. The van der Waals surface area contributed by atoms with Crippen molar-refractivity contribution >= 4 is 23.2 Å². The average Bonchev–Trinajstić information content (AvgIpc) is 2.82. The molecule has 0 aliphatic heterocycles. The largest absolute Gasteiger partial charge is 0.408 e. The van der Waals surface area contributed by atoms with Crippen LogP contribution < -0.4 is 0 Å². The lowest BCUT2D eigenvalue weighted by Gasteiger charge is -2.11. The lowest BCUT2D eigenvalue weighted by molar-refractivity contribution is -0.389. The maximum Gasteiger partial charge on any atom is 0.408 e. The van der Waals surface area contributed by atoms with E-state index >= 15 is 0 Å². The highest BCUT2D eigenvalue weighted by molar-refractivity contribution is 6.32. The third-order valence-corrected chi connectivity index (χ3v) is 3.54. The monoisotopic (exact) mass is 307 g/mol. The maximum absolute atomic E-state index is 12.5. The van der Waals surface area contributed by atoms with E-state index in [1.807, 2.05) is 26.0 Å². The summed E-state index contributed by atoms with van der Waals surface area (Å²) in [5, 5.41) is 14.4. The van der Waals surface area contributed by atoms with Crippen LogP contribution in [0.5, 0.6) is 0 Å². The van der Waals surface area contributed by atoms with Crippen molar-refractivity contribution in [3.8, 4) is 0 Å². The molecule has 1 aromatic heterocycles. The molecule has 2 rings (SSSR count). The molecule has 1 aromatic carbocycles. The first-order chi connectivity index (χ1) is 9.81. The van der Waals surface area contributed by atoms with Gasteiger partial charge in [-0.05, 0) is 37.3 Å². The number of nitro groups is 1. The fourth-order valence-electron chi connectivity index (χ4n) is 2.03. The Balaban J connectivity index is 2.37. The van der Waals surface area contributed by atoms with E-state index in [9.17, 15) is 14.9 Å². The van der Waals surface area contributed by atoms with Gasteiger partial charge in [0.1, 0.15) is 6.04 Å². The first-order valence-electron chi connectivity index (χ1n) is 6.31. The molecule has 0 fully saturated rings. The number of Topliss-reactive ketones (excluding diaryl/α,β-unsaturated/α-hetero) is 1. The van der Waals surface area contributed by atoms with E-state index in [1.54, 1.807) is 13.0 Å². The van der Waals surface area contributed by atoms with Crippen molar-refractivity contribution in [3.05, 3.63) is 56.2 Å². The SMILES string of the molecule is Cc1ccc(C)c(C(=O)C(C)n2cc(Cl)c([N+](=O)[O-])n2)c1. The molecule has 1 unspecified atom stereocenters. The minimum absolute atomic E-state index is 0.0828. The summed E-state index contributed by atoms with van der Waals surface area (Å²) in [7, 11) is 0. The molecule has 0 saturated carbocycles. The van der Waals surface area contributed by atoms with Crippen LogP contribution in [-0.2, 0) is 0 Å². The molecule has 7 heteroatoms. The number of benzene rings is 1. The highest BCUT2D eigenvalue weighted by Gasteiger charge is 2.26. The first-order valence-corrected chi connectivity index (χ1v) is 6.69. The Hall–Kier alpha value is -2.21. The zero-order valence-electron chi connectivity index (χ0n) is 11.8. The molecule has 0 spiro atoms. The van der Waals surface area contributed by atoms with Gasteiger partial charge in [-0.1, -0.05) is 29.3 Å². The lowest BCUT2D eigenvalue weighted by Crippen LogP contribution is -2.18. The number of aromatic nitrogens is 2. The van der Waals surface area contributed by atoms with Crippen LogP contribution in [0.3, 0.4) is 0 Å². The van der Waals surface area contributed by atoms with E-state index in [0.29, 0.717) is 5.56 Å². The molecular formula is C14H14ClN3O3. The second-order valence-electron chi connectivity index (χ2n) is 4.90. The van der Waals surface area contributed by atoms with E-state index in [2.05, 4.69) is 5.10 Å². The summed E-state index contributed by atoms with van der Waals surface area (Å²) < 4.78 is 1.23. The van der Waals surface area contributed by atoms with E-state index in [4.69, 9.17) is 11.6 Å². The first kappa shape index (κ1) is 15.2. The van der Waals surface area contributed by atoms with Crippen molar-refractivity contribution in [1.82, 2.24) is 9.78 Å². The van der Waals surface area contributed by atoms with Gasteiger partial charge < -0.3 is 10.1 Å². The number of carbonyl (C=O) groups excluding carboxylic acids is 1. The number of aryl methyl sites for hydroxylation is 2. The van der Waals surface area contributed by atoms with Crippen LogP contribution in [-0.4, -0.2) is 20.5 Å². The van der Waals surface area contributed by atoms with Gasteiger partial charge >= 0.3 is 5.82 Å². The number of hydrogen-bond donors (Lipinski definition) is 0. The Morgan fingerprint density at radius 3 is 2.67 bits per heavy atom. The summed E-state index contributed by atoms with van der Waals surface area (Å²) in [6.07, 6.45) is 1.30. The molecule has 6 nitrogen and oxygen atoms in total. The van der Waals surface area contributed by atoms with Gasteiger partial charge in [0.15, 0.2) is 10.8 Å². The van der Waals surface area contributed by atoms with Gasteiger partial charge in [0.2, 0.25) is 0 Å². The van der Waals surface area contributed by atoms with E-state index in [1.165, 1.54) is 10.9 Å². The molecule has 2 aromatic rings. The topological polar surface area (TPSA) is 78.0 Å². The number of hydrogen-bond acceptors (Lipinski definition) is 4. The second kappa shape index (κ2) is 5.65. The Morgan fingerprint density at radius 1 is 1.43 bits per heavy atom. The Labute approximate surface area is 126 Å². The van der Waals surface area contributed by atoms with Crippen LogP contribution in [0, 0.1) is 24.0 Å². The summed E-state index contributed by atoms with van der Waals surface area (Å²) in [5.41, 5.74) is 2.41.